The Morgan fingerprint density at radius 2 is 1.43 bits per heavy atom. The molecule has 0 unspecified atom stereocenters. The summed E-state index contributed by atoms with van der Waals surface area (Å²) in [5.41, 5.74) is 1.07. The molecule has 0 N–H and O–H groups in total. The summed E-state index contributed by atoms with van der Waals surface area (Å²) in [5, 5.41) is 0. The quantitative estimate of drug-likeness (QED) is 0.721. The molecular weight excluding hydrogens is 372 g/mol. The number of carbonyl (C=O) groups is 1. The Kier molecular flexibility index (Phi) is 7.15. The molecule has 1 aromatic rings. The molecule has 156 valence electrons. The van der Waals surface area contributed by atoms with E-state index in [1.807, 2.05) is 24.0 Å². The van der Waals surface area contributed by atoms with Gasteiger partial charge >= 0.3 is 0 Å². The number of carbonyl (C=O) groups excluding carboxylic acids is 1. The van der Waals surface area contributed by atoms with Gasteiger partial charge in [-0.3, -0.25) is 4.79 Å². The monoisotopic (exact) mass is 406 g/mol. The number of likely N-dealkylation sites (tertiary alicyclic amines) is 1. The van der Waals surface area contributed by atoms with E-state index in [0.717, 1.165) is 50.3 Å². The van der Waals surface area contributed by atoms with Gasteiger partial charge in [0.2, 0.25) is 15.9 Å². The normalized spacial score (nSPS) is 20.4. The molecule has 3 rings (SSSR count). The molecule has 1 amide bonds. The number of aryl methyl sites for hydroxylation is 1. The summed E-state index contributed by atoms with van der Waals surface area (Å²) in [6.45, 7) is 6.72. The average molecular weight is 407 g/mol. The minimum absolute atomic E-state index is 0.200. The molecule has 0 radical (unpaired) electrons. The Bertz CT molecular complexity index is 744. The number of benzene rings is 1. The minimum atomic E-state index is -3.35. The maximum absolute atomic E-state index is 12.8. The Hall–Kier alpha value is -1.40. The van der Waals surface area contributed by atoms with Gasteiger partial charge in [-0.2, -0.15) is 4.31 Å². The Balaban J connectivity index is 1.39. The molecule has 6 heteroatoms. The molecule has 0 aromatic heterocycles. The van der Waals surface area contributed by atoms with E-state index in [2.05, 4.69) is 0 Å². The highest BCUT2D eigenvalue weighted by Crippen LogP contribution is 2.29. The van der Waals surface area contributed by atoms with Crippen LogP contribution >= 0.6 is 0 Å². The van der Waals surface area contributed by atoms with Crippen LogP contribution in [0.3, 0.4) is 0 Å². The second kappa shape index (κ2) is 9.40. The smallest absolute Gasteiger partial charge is 0.243 e. The highest BCUT2D eigenvalue weighted by molar-refractivity contribution is 7.89. The fourth-order valence-electron chi connectivity index (χ4n) is 4.53. The van der Waals surface area contributed by atoms with E-state index in [1.165, 1.54) is 19.3 Å². The maximum atomic E-state index is 12.8. The van der Waals surface area contributed by atoms with Gasteiger partial charge in [0.1, 0.15) is 0 Å². The SMILES string of the molecule is CC(=O)N1CCC(CCCC2CCN(S(=O)(=O)c3ccc(C)cc3)CC2)CC1. The van der Waals surface area contributed by atoms with Gasteiger partial charge in [0.25, 0.3) is 0 Å². The lowest BCUT2D eigenvalue weighted by atomic mass is 9.87. The van der Waals surface area contributed by atoms with Gasteiger partial charge in [-0.1, -0.05) is 37.0 Å². The zero-order chi connectivity index (χ0) is 20.1. The van der Waals surface area contributed by atoms with E-state index in [0.29, 0.717) is 23.9 Å². The van der Waals surface area contributed by atoms with Gasteiger partial charge in [-0.25, -0.2) is 8.42 Å². The third kappa shape index (κ3) is 5.35. The lowest BCUT2D eigenvalue weighted by molar-refractivity contribution is -0.130. The number of hydrogen-bond acceptors (Lipinski definition) is 3. The number of amides is 1. The Labute approximate surface area is 170 Å². The second-order valence-electron chi connectivity index (χ2n) is 8.54. The van der Waals surface area contributed by atoms with Gasteiger partial charge in [-0.15, -0.1) is 0 Å². The second-order valence-corrected chi connectivity index (χ2v) is 10.5. The summed E-state index contributed by atoms with van der Waals surface area (Å²) >= 11 is 0. The molecule has 0 saturated carbocycles. The largest absolute Gasteiger partial charge is 0.343 e. The summed E-state index contributed by atoms with van der Waals surface area (Å²) in [7, 11) is -3.35. The standard InChI is InChI=1S/C22H34N2O3S/c1-18-6-8-22(9-7-18)28(26,27)24-16-12-21(13-17-24)5-3-4-20-10-14-23(15-11-20)19(2)25/h6-9,20-21H,3-5,10-17H2,1-2H3. The van der Waals surface area contributed by atoms with Crippen molar-refractivity contribution < 1.29 is 13.2 Å². The van der Waals surface area contributed by atoms with Gasteiger partial charge in [0.05, 0.1) is 4.90 Å². The molecule has 1 aromatic carbocycles. The first-order chi connectivity index (χ1) is 13.4. The fourth-order valence-corrected chi connectivity index (χ4v) is 6.00. The summed E-state index contributed by atoms with van der Waals surface area (Å²) < 4.78 is 27.3. The zero-order valence-electron chi connectivity index (χ0n) is 17.3. The highest BCUT2D eigenvalue weighted by atomic mass is 32.2. The maximum Gasteiger partial charge on any atom is 0.243 e. The van der Waals surface area contributed by atoms with E-state index < -0.39 is 10.0 Å². The first kappa shape index (κ1) is 21.3. The molecule has 2 aliphatic rings. The lowest BCUT2D eigenvalue weighted by Gasteiger charge is -2.33. The van der Waals surface area contributed by atoms with Crippen LogP contribution in [-0.2, 0) is 14.8 Å². The molecule has 2 fully saturated rings. The average Bonchev–Trinajstić information content (AvgIpc) is 2.69. The first-order valence-electron chi connectivity index (χ1n) is 10.7. The Morgan fingerprint density at radius 1 is 0.929 bits per heavy atom. The third-order valence-corrected chi connectivity index (χ3v) is 8.43. The lowest BCUT2D eigenvalue weighted by Crippen LogP contribution is -2.38. The van der Waals surface area contributed by atoms with Crippen molar-refractivity contribution in [1.29, 1.82) is 0 Å². The van der Waals surface area contributed by atoms with Crippen molar-refractivity contribution in [1.82, 2.24) is 9.21 Å². The van der Waals surface area contributed by atoms with E-state index >= 15 is 0 Å². The molecule has 28 heavy (non-hydrogen) atoms. The fraction of sp³-hybridized carbons (Fsp3) is 0.682. The number of piperidine rings is 2. The topological polar surface area (TPSA) is 57.7 Å². The van der Waals surface area contributed by atoms with E-state index in [9.17, 15) is 13.2 Å². The summed E-state index contributed by atoms with van der Waals surface area (Å²) in [5.74, 6) is 1.59. The van der Waals surface area contributed by atoms with Crippen molar-refractivity contribution in [2.45, 2.75) is 63.7 Å². The van der Waals surface area contributed by atoms with E-state index in [-0.39, 0.29) is 5.91 Å². The number of nitrogens with zero attached hydrogens (tertiary/aromatic N) is 2. The predicted octanol–water partition coefficient (Wildman–Crippen LogP) is 3.82. The Morgan fingerprint density at radius 3 is 1.93 bits per heavy atom. The van der Waals surface area contributed by atoms with Gasteiger partial charge < -0.3 is 4.90 Å². The molecule has 0 atom stereocenters. The van der Waals surface area contributed by atoms with Crippen molar-refractivity contribution >= 4 is 15.9 Å². The van der Waals surface area contributed by atoms with Crippen molar-refractivity contribution in [2.75, 3.05) is 26.2 Å². The molecule has 2 saturated heterocycles. The number of rotatable bonds is 6. The van der Waals surface area contributed by atoms with Gasteiger partial charge in [0.15, 0.2) is 0 Å². The summed E-state index contributed by atoms with van der Waals surface area (Å²) in [4.78, 5) is 13.8. The van der Waals surface area contributed by atoms with Gasteiger partial charge in [0, 0.05) is 33.1 Å². The van der Waals surface area contributed by atoms with Crippen molar-refractivity contribution in [3.05, 3.63) is 29.8 Å². The van der Waals surface area contributed by atoms with E-state index in [1.54, 1.807) is 23.4 Å². The minimum Gasteiger partial charge on any atom is -0.343 e. The summed E-state index contributed by atoms with van der Waals surface area (Å²) in [6, 6.07) is 7.16. The zero-order valence-corrected chi connectivity index (χ0v) is 18.1. The van der Waals surface area contributed by atoms with Crippen molar-refractivity contribution in [3.8, 4) is 0 Å². The molecule has 2 heterocycles. The number of sulfonamides is 1. The van der Waals surface area contributed by atoms with Crippen molar-refractivity contribution in [2.24, 2.45) is 11.8 Å². The van der Waals surface area contributed by atoms with Crippen LogP contribution in [0.4, 0.5) is 0 Å². The van der Waals surface area contributed by atoms with E-state index in [4.69, 9.17) is 0 Å². The molecule has 5 nitrogen and oxygen atoms in total. The summed E-state index contributed by atoms with van der Waals surface area (Å²) in [6.07, 6.45) is 7.86. The molecule has 2 aliphatic heterocycles. The molecule has 0 spiro atoms. The van der Waals surface area contributed by atoms with Crippen LogP contribution in [0.15, 0.2) is 29.2 Å². The van der Waals surface area contributed by atoms with Crippen LogP contribution in [0.5, 0.6) is 0 Å². The van der Waals surface area contributed by atoms with Crippen LogP contribution in [0.25, 0.3) is 0 Å². The highest BCUT2D eigenvalue weighted by Gasteiger charge is 2.29. The van der Waals surface area contributed by atoms with Crippen LogP contribution in [0.1, 0.15) is 57.4 Å². The van der Waals surface area contributed by atoms with Crippen LogP contribution in [0.2, 0.25) is 0 Å². The molecular formula is C22H34N2O3S. The molecule has 0 bridgehead atoms. The van der Waals surface area contributed by atoms with Crippen LogP contribution in [-0.4, -0.2) is 49.7 Å². The predicted molar refractivity (Wildman–Crippen MR) is 111 cm³/mol. The van der Waals surface area contributed by atoms with Crippen LogP contribution < -0.4 is 0 Å². The van der Waals surface area contributed by atoms with Crippen molar-refractivity contribution in [3.63, 3.8) is 0 Å². The third-order valence-electron chi connectivity index (χ3n) is 6.52. The first-order valence-corrected chi connectivity index (χ1v) is 12.1. The van der Waals surface area contributed by atoms with Crippen LogP contribution in [0, 0.1) is 18.8 Å². The molecule has 0 aliphatic carbocycles. The number of hydrogen-bond donors (Lipinski definition) is 0. The van der Waals surface area contributed by atoms with Gasteiger partial charge in [-0.05, 0) is 56.6 Å².